The highest BCUT2D eigenvalue weighted by molar-refractivity contribution is 6.02. The molecule has 0 unspecified atom stereocenters. The van der Waals surface area contributed by atoms with Gasteiger partial charge in [-0.1, -0.05) is 6.08 Å². The van der Waals surface area contributed by atoms with Gasteiger partial charge in [0.1, 0.15) is 0 Å². The fraction of sp³-hybridized carbons (Fsp3) is 0.545. The molecule has 0 aromatic carbocycles. The summed E-state index contributed by atoms with van der Waals surface area (Å²) in [6.07, 6.45) is 5.26. The fourth-order valence-electron chi connectivity index (χ4n) is 1.50. The number of rotatable bonds is 4. The maximum Gasteiger partial charge on any atom is 0.163 e. The van der Waals surface area contributed by atoms with Crippen LogP contribution in [0.5, 0.6) is 0 Å². The molecule has 0 aromatic rings. The van der Waals surface area contributed by atoms with Gasteiger partial charge in [-0.05, 0) is 18.1 Å². The third kappa shape index (κ3) is 2.79. The quantitative estimate of drug-likeness (QED) is 0.639. The van der Waals surface area contributed by atoms with E-state index in [1.807, 2.05) is 12.2 Å². The van der Waals surface area contributed by atoms with Crippen LogP contribution < -0.4 is 0 Å². The van der Waals surface area contributed by atoms with Crippen molar-refractivity contribution in [3.05, 3.63) is 23.3 Å². The molecule has 0 atom stereocenters. The Kier molecular flexibility index (Phi) is 4.56. The molecule has 0 N–H and O–H groups in total. The highest BCUT2D eigenvalue weighted by atomic mass is 16.5. The van der Waals surface area contributed by atoms with Crippen LogP contribution in [0.3, 0.4) is 0 Å². The van der Waals surface area contributed by atoms with Gasteiger partial charge < -0.3 is 9.47 Å². The zero-order valence-corrected chi connectivity index (χ0v) is 8.71. The molecule has 0 heterocycles. The lowest BCUT2D eigenvalue weighted by atomic mass is 10.1. The molecule has 0 amide bonds. The second kappa shape index (κ2) is 5.73. The van der Waals surface area contributed by atoms with Gasteiger partial charge >= 0.3 is 0 Å². The Labute approximate surface area is 84.4 Å². The van der Waals surface area contributed by atoms with E-state index in [9.17, 15) is 4.79 Å². The normalized spacial score (nSPS) is 22.6. The van der Waals surface area contributed by atoms with E-state index in [0.29, 0.717) is 19.6 Å². The number of methoxy groups -OCH3 is 2. The number of ether oxygens (including phenoxy) is 2. The van der Waals surface area contributed by atoms with E-state index in [2.05, 4.69) is 0 Å². The number of hydrogen-bond donors (Lipinski definition) is 0. The Morgan fingerprint density at radius 3 is 2.43 bits per heavy atom. The van der Waals surface area contributed by atoms with Gasteiger partial charge in [-0.3, -0.25) is 4.79 Å². The SMILES string of the molecule is COC/C=C1/CCC(=O)/C1=C/COC. The van der Waals surface area contributed by atoms with Gasteiger partial charge in [-0.15, -0.1) is 0 Å². The van der Waals surface area contributed by atoms with Gasteiger partial charge in [0.05, 0.1) is 13.2 Å². The van der Waals surface area contributed by atoms with Crippen molar-refractivity contribution in [3.8, 4) is 0 Å². The second-order valence-electron chi connectivity index (χ2n) is 3.18. The lowest BCUT2D eigenvalue weighted by Crippen LogP contribution is -1.96. The van der Waals surface area contributed by atoms with E-state index in [4.69, 9.17) is 9.47 Å². The second-order valence-corrected chi connectivity index (χ2v) is 3.18. The van der Waals surface area contributed by atoms with Crippen molar-refractivity contribution in [2.75, 3.05) is 27.4 Å². The number of carbonyl (C=O) groups excluding carboxylic acids is 1. The largest absolute Gasteiger partial charge is 0.381 e. The van der Waals surface area contributed by atoms with Gasteiger partial charge in [0.2, 0.25) is 0 Å². The smallest absolute Gasteiger partial charge is 0.163 e. The standard InChI is InChI=1S/C11H16O3/c1-13-7-5-9-3-4-11(12)10(9)6-8-14-2/h5-6H,3-4,7-8H2,1-2H3/b9-5-,10-6+. The van der Waals surface area contributed by atoms with Gasteiger partial charge in [-0.25, -0.2) is 0 Å². The number of carbonyl (C=O) groups is 1. The first-order valence-corrected chi connectivity index (χ1v) is 4.70. The number of allylic oxidation sites excluding steroid dienone is 2. The van der Waals surface area contributed by atoms with Crippen LogP contribution in [0.2, 0.25) is 0 Å². The van der Waals surface area contributed by atoms with Crippen LogP contribution in [0.25, 0.3) is 0 Å². The first-order chi connectivity index (χ1) is 6.79. The van der Waals surface area contributed by atoms with Gasteiger partial charge in [0, 0.05) is 26.2 Å². The van der Waals surface area contributed by atoms with Gasteiger partial charge in [0.25, 0.3) is 0 Å². The van der Waals surface area contributed by atoms with Crippen molar-refractivity contribution in [2.24, 2.45) is 0 Å². The summed E-state index contributed by atoms with van der Waals surface area (Å²) in [5.74, 6) is 0.212. The first kappa shape index (κ1) is 11.1. The Hall–Kier alpha value is -0.930. The third-order valence-corrected chi connectivity index (χ3v) is 2.22. The molecule has 14 heavy (non-hydrogen) atoms. The predicted octanol–water partition coefficient (Wildman–Crippen LogP) is 1.49. The zero-order valence-electron chi connectivity index (χ0n) is 8.71. The van der Waals surface area contributed by atoms with Crippen molar-refractivity contribution in [1.82, 2.24) is 0 Å². The highest BCUT2D eigenvalue weighted by Gasteiger charge is 2.21. The molecule has 78 valence electrons. The first-order valence-electron chi connectivity index (χ1n) is 4.70. The molecule has 1 rings (SSSR count). The maximum atomic E-state index is 11.4. The number of Topliss-reactive ketones (excluding diaryl/α,β-unsaturated/α-hetero) is 1. The molecule has 1 saturated carbocycles. The average Bonchev–Trinajstić information content (AvgIpc) is 2.53. The summed E-state index contributed by atoms with van der Waals surface area (Å²) < 4.78 is 9.86. The molecule has 0 radical (unpaired) electrons. The maximum absolute atomic E-state index is 11.4. The monoisotopic (exact) mass is 196 g/mol. The Bertz CT molecular complexity index is 264. The Morgan fingerprint density at radius 2 is 1.79 bits per heavy atom. The third-order valence-electron chi connectivity index (χ3n) is 2.22. The summed E-state index contributed by atoms with van der Waals surface area (Å²) in [6.45, 7) is 1.05. The minimum atomic E-state index is 0.212. The van der Waals surface area contributed by atoms with E-state index in [1.165, 1.54) is 0 Å². The molecule has 0 bridgehead atoms. The Balaban J connectivity index is 2.71. The molecular weight excluding hydrogens is 180 g/mol. The lowest BCUT2D eigenvalue weighted by molar-refractivity contribution is -0.114. The van der Waals surface area contributed by atoms with Crippen molar-refractivity contribution in [1.29, 1.82) is 0 Å². The van der Waals surface area contributed by atoms with Crippen molar-refractivity contribution in [2.45, 2.75) is 12.8 Å². The topological polar surface area (TPSA) is 35.5 Å². The van der Waals surface area contributed by atoms with Crippen LogP contribution in [0.4, 0.5) is 0 Å². The summed E-state index contributed by atoms with van der Waals surface area (Å²) >= 11 is 0. The molecule has 1 fully saturated rings. The van der Waals surface area contributed by atoms with Crippen LogP contribution in [-0.2, 0) is 14.3 Å². The summed E-state index contributed by atoms with van der Waals surface area (Å²) in [6, 6.07) is 0. The highest BCUT2D eigenvalue weighted by Crippen LogP contribution is 2.26. The molecule has 0 spiro atoms. The Morgan fingerprint density at radius 1 is 1.14 bits per heavy atom. The summed E-state index contributed by atoms with van der Waals surface area (Å²) in [7, 11) is 3.27. The van der Waals surface area contributed by atoms with Gasteiger partial charge in [-0.2, -0.15) is 0 Å². The van der Waals surface area contributed by atoms with Crippen LogP contribution in [0, 0.1) is 0 Å². The molecule has 1 aliphatic rings. The van der Waals surface area contributed by atoms with Crippen molar-refractivity contribution < 1.29 is 14.3 Å². The molecule has 0 saturated heterocycles. The summed E-state index contributed by atoms with van der Waals surface area (Å²) in [4.78, 5) is 11.4. The van der Waals surface area contributed by atoms with Crippen molar-refractivity contribution >= 4 is 5.78 Å². The van der Waals surface area contributed by atoms with Crippen LogP contribution in [0.15, 0.2) is 23.3 Å². The summed E-state index contributed by atoms with van der Waals surface area (Å²) in [5, 5.41) is 0. The minimum Gasteiger partial charge on any atom is -0.381 e. The van der Waals surface area contributed by atoms with Gasteiger partial charge in [0.15, 0.2) is 5.78 Å². The van der Waals surface area contributed by atoms with Crippen LogP contribution in [0.1, 0.15) is 12.8 Å². The molecule has 3 heteroatoms. The average molecular weight is 196 g/mol. The van der Waals surface area contributed by atoms with E-state index in [1.54, 1.807) is 14.2 Å². The number of ketones is 1. The van der Waals surface area contributed by atoms with E-state index in [-0.39, 0.29) is 5.78 Å². The molecular formula is C11H16O3. The van der Waals surface area contributed by atoms with Crippen LogP contribution in [-0.4, -0.2) is 33.2 Å². The molecule has 0 aliphatic heterocycles. The van der Waals surface area contributed by atoms with E-state index >= 15 is 0 Å². The molecule has 3 nitrogen and oxygen atoms in total. The predicted molar refractivity (Wildman–Crippen MR) is 54.2 cm³/mol. The molecule has 0 aromatic heterocycles. The van der Waals surface area contributed by atoms with Crippen molar-refractivity contribution in [3.63, 3.8) is 0 Å². The van der Waals surface area contributed by atoms with Crippen LogP contribution >= 0.6 is 0 Å². The zero-order chi connectivity index (χ0) is 10.4. The van der Waals surface area contributed by atoms with E-state index in [0.717, 1.165) is 17.6 Å². The summed E-state index contributed by atoms with van der Waals surface area (Å²) in [5.41, 5.74) is 1.90. The fourth-order valence-corrected chi connectivity index (χ4v) is 1.50. The molecule has 1 aliphatic carbocycles. The minimum absolute atomic E-state index is 0.212. The van der Waals surface area contributed by atoms with E-state index < -0.39 is 0 Å². The number of hydrogen-bond acceptors (Lipinski definition) is 3. The lowest BCUT2D eigenvalue weighted by Gasteiger charge is -1.99.